The average Bonchev–Trinajstić information content (AvgIpc) is 3.25. The van der Waals surface area contributed by atoms with Crippen LogP contribution < -0.4 is 14.9 Å². The van der Waals surface area contributed by atoms with Gasteiger partial charge < -0.3 is 9.47 Å². The molecular formula is C24H20N4O4. The summed E-state index contributed by atoms with van der Waals surface area (Å²) in [6.45, 7) is 1.80. The van der Waals surface area contributed by atoms with Crippen molar-refractivity contribution in [3.8, 4) is 11.5 Å². The van der Waals surface area contributed by atoms with Gasteiger partial charge in [0.25, 0.3) is 5.91 Å². The van der Waals surface area contributed by atoms with Crippen molar-refractivity contribution in [2.24, 2.45) is 5.10 Å². The Morgan fingerprint density at radius 3 is 2.62 bits per heavy atom. The van der Waals surface area contributed by atoms with Crippen LogP contribution in [0.5, 0.6) is 11.5 Å². The molecule has 0 saturated heterocycles. The lowest BCUT2D eigenvalue weighted by Gasteiger charge is -2.11. The molecule has 8 heteroatoms. The van der Waals surface area contributed by atoms with Gasteiger partial charge in [-0.25, -0.2) is 10.2 Å². The number of fused-ring (bicyclic) bond motifs is 1. The minimum absolute atomic E-state index is 0.243. The summed E-state index contributed by atoms with van der Waals surface area (Å²) in [6, 6.07) is 19.7. The number of aromatic nitrogens is 2. The molecule has 0 aliphatic rings. The maximum atomic E-state index is 12.8. The predicted molar refractivity (Wildman–Crippen MR) is 120 cm³/mol. The summed E-state index contributed by atoms with van der Waals surface area (Å²) >= 11 is 0. The van der Waals surface area contributed by atoms with Crippen LogP contribution in [-0.4, -0.2) is 35.4 Å². The molecular weight excluding hydrogens is 408 g/mol. The number of esters is 1. The Morgan fingerprint density at radius 2 is 1.84 bits per heavy atom. The van der Waals surface area contributed by atoms with Crippen molar-refractivity contribution in [1.29, 1.82) is 0 Å². The Balaban J connectivity index is 1.48. The summed E-state index contributed by atoms with van der Waals surface area (Å²) in [5.74, 6) is -0.281. The SMILES string of the molecule is COc1cc(/C=N\NC(=O)c2cc(C)[nH]n2)ccc1OC(=O)c1cccc2ccccc12. The molecule has 0 bridgehead atoms. The number of aryl methyl sites for hydroxylation is 1. The van der Waals surface area contributed by atoms with E-state index in [0.29, 0.717) is 16.9 Å². The highest BCUT2D eigenvalue weighted by molar-refractivity contribution is 6.05. The smallest absolute Gasteiger partial charge is 0.344 e. The summed E-state index contributed by atoms with van der Waals surface area (Å²) in [5, 5.41) is 12.3. The highest BCUT2D eigenvalue weighted by atomic mass is 16.6. The number of methoxy groups -OCH3 is 1. The van der Waals surface area contributed by atoms with Gasteiger partial charge in [0, 0.05) is 5.69 Å². The van der Waals surface area contributed by atoms with Crippen LogP contribution >= 0.6 is 0 Å². The summed E-state index contributed by atoms with van der Waals surface area (Å²) in [7, 11) is 1.48. The van der Waals surface area contributed by atoms with Gasteiger partial charge in [-0.05, 0) is 53.6 Å². The fraction of sp³-hybridized carbons (Fsp3) is 0.0833. The summed E-state index contributed by atoms with van der Waals surface area (Å²) < 4.78 is 11.0. The summed E-state index contributed by atoms with van der Waals surface area (Å²) in [6.07, 6.45) is 1.45. The first-order chi connectivity index (χ1) is 15.5. The Labute approximate surface area is 183 Å². The molecule has 32 heavy (non-hydrogen) atoms. The van der Waals surface area contributed by atoms with Gasteiger partial charge in [0.2, 0.25) is 0 Å². The van der Waals surface area contributed by atoms with E-state index in [9.17, 15) is 9.59 Å². The van der Waals surface area contributed by atoms with Gasteiger partial charge in [0.05, 0.1) is 18.9 Å². The highest BCUT2D eigenvalue weighted by Gasteiger charge is 2.15. The number of aromatic amines is 1. The molecule has 2 N–H and O–H groups in total. The van der Waals surface area contributed by atoms with Gasteiger partial charge in [-0.2, -0.15) is 10.2 Å². The molecule has 0 atom stereocenters. The van der Waals surface area contributed by atoms with Crippen molar-refractivity contribution >= 4 is 28.9 Å². The van der Waals surface area contributed by atoms with E-state index in [4.69, 9.17) is 9.47 Å². The average molecular weight is 428 g/mol. The third-order valence-electron chi connectivity index (χ3n) is 4.72. The Hall–Kier alpha value is -4.46. The number of hydrogen-bond acceptors (Lipinski definition) is 6. The van der Waals surface area contributed by atoms with Crippen LogP contribution in [0.4, 0.5) is 0 Å². The number of carbonyl (C=O) groups is 2. The van der Waals surface area contributed by atoms with Crippen molar-refractivity contribution in [3.63, 3.8) is 0 Å². The number of hydrogen-bond donors (Lipinski definition) is 2. The minimum Gasteiger partial charge on any atom is -0.493 e. The van der Waals surface area contributed by atoms with E-state index in [1.165, 1.54) is 13.3 Å². The first kappa shape index (κ1) is 20.8. The molecule has 1 heterocycles. The van der Waals surface area contributed by atoms with Crippen molar-refractivity contribution in [2.45, 2.75) is 6.92 Å². The number of hydrazone groups is 1. The summed E-state index contributed by atoms with van der Waals surface area (Å²) in [5.41, 5.74) is 4.53. The molecule has 8 nitrogen and oxygen atoms in total. The van der Waals surface area contributed by atoms with Crippen LogP contribution in [0, 0.1) is 6.92 Å². The quantitative estimate of drug-likeness (QED) is 0.210. The number of amides is 1. The molecule has 1 amide bonds. The molecule has 160 valence electrons. The molecule has 3 aromatic carbocycles. The number of H-pyrrole nitrogens is 1. The number of carbonyl (C=O) groups excluding carboxylic acids is 2. The molecule has 0 radical (unpaired) electrons. The molecule has 4 aromatic rings. The molecule has 0 spiro atoms. The standard InChI is InChI=1S/C24H20N4O4/c1-15-12-20(27-26-15)23(29)28-25-14-16-10-11-21(22(13-16)31-2)32-24(30)19-9-5-7-17-6-3-4-8-18(17)19/h3-14H,1-2H3,(H,26,27)(H,28,29)/b25-14-. The molecule has 0 unspecified atom stereocenters. The zero-order valence-electron chi connectivity index (χ0n) is 17.5. The zero-order valence-corrected chi connectivity index (χ0v) is 17.5. The fourth-order valence-electron chi connectivity index (χ4n) is 3.16. The van der Waals surface area contributed by atoms with Gasteiger partial charge >= 0.3 is 5.97 Å². The van der Waals surface area contributed by atoms with Gasteiger partial charge in [-0.3, -0.25) is 9.89 Å². The number of benzene rings is 3. The van der Waals surface area contributed by atoms with Gasteiger partial charge in [-0.15, -0.1) is 0 Å². The van der Waals surface area contributed by atoms with Crippen LogP contribution in [0.25, 0.3) is 10.8 Å². The van der Waals surface area contributed by atoms with Gasteiger partial charge in [0.1, 0.15) is 0 Å². The number of rotatable bonds is 6. The van der Waals surface area contributed by atoms with Crippen LogP contribution in [-0.2, 0) is 0 Å². The Morgan fingerprint density at radius 1 is 1.03 bits per heavy atom. The third-order valence-corrected chi connectivity index (χ3v) is 4.72. The van der Waals surface area contributed by atoms with Crippen LogP contribution in [0.3, 0.4) is 0 Å². The van der Waals surface area contributed by atoms with Crippen molar-refractivity contribution in [3.05, 3.63) is 89.2 Å². The Kier molecular flexibility index (Phi) is 5.94. The van der Waals surface area contributed by atoms with E-state index >= 15 is 0 Å². The third kappa shape index (κ3) is 4.49. The zero-order chi connectivity index (χ0) is 22.5. The minimum atomic E-state index is -0.483. The Bertz CT molecular complexity index is 1320. The van der Waals surface area contributed by atoms with Gasteiger partial charge in [0.15, 0.2) is 17.2 Å². The molecule has 0 saturated carbocycles. The number of nitrogens with one attached hydrogen (secondary N) is 2. The molecule has 4 rings (SSSR count). The monoisotopic (exact) mass is 428 g/mol. The lowest BCUT2D eigenvalue weighted by molar-refractivity contribution is 0.0731. The van der Waals surface area contributed by atoms with E-state index in [-0.39, 0.29) is 11.4 Å². The second-order valence-corrected chi connectivity index (χ2v) is 6.96. The second-order valence-electron chi connectivity index (χ2n) is 6.96. The second kappa shape index (κ2) is 9.13. The van der Waals surface area contributed by atoms with E-state index in [2.05, 4.69) is 20.7 Å². The molecule has 0 aliphatic heterocycles. The van der Waals surface area contributed by atoms with E-state index in [0.717, 1.165) is 16.5 Å². The first-order valence-electron chi connectivity index (χ1n) is 9.78. The lowest BCUT2D eigenvalue weighted by Crippen LogP contribution is -2.18. The van der Waals surface area contributed by atoms with Crippen molar-refractivity contribution < 1.29 is 19.1 Å². The van der Waals surface area contributed by atoms with Crippen molar-refractivity contribution in [1.82, 2.24) is 15.6 Å². The molecule has 0 aliphatic carbocycles. The van der Waals surface area contributed by atoms with Crippen LogP contribution in [0.2, 0.25) is 0 Å². The topological polar surface area (TPSA) is 106 Å². The first-order valence-corrected chi connectivity index (χ1v) is 9.78. The molecule has 0 fully saturated rings. The number of ether oxygens (including phenoxy) is 2. The van der Waals surface area contributed by atoms with Crippen LogP contribution in [0.1, 0.15) is 32.1 Å². The van der Waals surface area contributed by atoms with E-state index in [1.54, 1.807) is 37.3 Å². The molecule has 1 aromatic heterocycles. The van der Waals surface area contributed by atoms with E-state index < -0.39 is 11.9 Å². The van der Waals surface area contributed by atoms with Crippen LogP contribution in [0.15, 0.2) is 71.8 Å². The lowest BCUT2D eigenvalue weighted by atomic mass is 10.0. The predicted octanol–water partition coefficient (Wildman–Crippen LogP) is 3.86. The highest BCUT2D eigenvalue weighted by Crippen LogP contribution is 2.29. The maximum absolute atomic E-state index is 12.8. The van der Waals surface area contributed by atoms with E-state index in [1.807, 2.05) is 36.4 Å². The van der Waals surface area contributed by atoms with Gasteiger partial charge in [-0.1, -0.05) is 36.4 Å². The largest absolute Gasteiger partial charge is 0.493 e. The van der Waals surface area contributed by atoms with Crippen molar-refractivity contribution in [2.75, 3.05) is 7.11 Å². The fourth-order valence-corrected chi connectivity index (χ4v) is 3.16. The summed E-state index contributed by atoms with van der Waals surface area (Å²) in [4.78, 5) is 24.8. The maximum Gasteiger partial charge on any atom is 0.344 e. The normalized spacial score (nSPS) is 10.9. The number of nitrogens with zero attached hydrogens (tertiary/aromatic N) is 2.